The van der Waals surface area contributed by atoms with Gasteiger partial charge in [-0.2, -0.15) is 0 Å². The summed E-state index contributed by atoms with van der Waals surface area (Å²) in [5.41, 5.74) is 8.07. The summed E-state index contributed by atoms with van der Waals surface area (Å²) in [6, 6.07) is 11.9. The van der Waals surface area contributed by atoms with Crippen LogP contribution in [0.5, 0.6) is 0 Å². The Hall–Kier alpha value is -1.94. The van der Waals surface area contributed by atoms with E-state index in [1.165, 1.54) is 5.69 Å². The van der Waals surface area contributed by atoms with Crippen molar-refractivity contribution in [3.63, 3.8) is 0 Å². The van der Waals surface area contributed by atoms with Gasteiger partial charge in [0.1, 0.15) is 5.82 Å². The van der Waals surface area contributed by atoms with E-state index < -0.39 is 0 Å². The van der Waals surface area contributed by atoms with Gasteiger partial charge in [-0.1, -0.05) is 17.7 Å². The molecule has 2 aromatic rings. The third-order valence-electron chi connectivity index (χ3n) is 3.58. The summed E-state index contributed by atoms with van der Waals surface area (Å²) in [6.45, 7) is 3.89. The maximum absolute atomic E-state index is 6.05. The third kappa shape index (κ3) is 2.80. The average molecular weight is 289 g/mol. The smallest absolute Gasteiger partial charge is 0.125 e. The molecule has 3 rings (SSSR count). The quantitative estimate of drug-likeness (QED) is 0.923. The number of rotatable bonds is 2. The molecule has 1 aromatic carbocycles. The van der Waals surface area contributed by atoms with Crippen LogP contribution in [0.15, 0.2) is 42.6 Å². The molecule has 2 N–H and O–H groups in total. The number of pyridine rings is 1. The van der Waals surface area contributed by atoms with E-state index in [0.29, 0.717) is 5.82 Å². The minimum absolute atomic E-state index is 0.569. The van der Waals surface area contributed by atoms with Gasteiger partial charge in [-0.05, 0) is 24.3 Å². The van der Waals surface area contributed by atoms with E-state index in [-0.39, 0.29) is 0 Å². The van der Waals surface area contributed by atoms with E-state index >= 15 is 0 Å². The third-order valence-corrected chi connectivity index (χ3v) is 3.82. The van der Waals surface area contributed by atoms with Gasteiger partial charge in [0.05, 0.1) is 0 Å². The van der Waals surface area contributed by atoms with Crippen LogP contribution < -0.4 is 15.5 Å². The molecule has 2 heterocycles. The van der Waals surface area contributed by atoms with Crippen LogP contribution in [-0.2, 0) is 0 Å². The standard InChI is InChI=1S/C15H17ClN4/c16-12-2-1-3-13(10-12)19-6-8-20(9-7-19)14-4-5-18-15(17)11-14/h1-5,10-11H,6-9H2,(H2,17,18). The largest absolute Gasteiger partial charge is 0.384 e. The van der Waals surface area contributed by atoms with Gasteiger partial charge in [0.2, 0.25) is 0 Å². The number of piperazine rings is 1. The van der Waals surface area contributed by atoms with E-state index in [1.54, 1.807) is 6.20 Å². The van der Waals surface area contributed by atoms with Gasteiger partial charge in [0.25, 0.3) is 0 Å². The van der Waals surface area contributed by atoms with Gasteiger partial charge in [-0.25, -0.2) is 4.98 Å². The van der Waals surface area contributed by atoms with Crippen molar-refractivity contribution in [2.24, 2.45) is 0 Å². The second kappa shape index (κ2) is 5.59. The highest BCUT2D eigenvalue weighted by Gasteiger charge is 2.17. The van der Waals surface area contributed by atoms with E-state index in [4.69, 9.17) is 17.3 Å². The highest BCUT2D eigenvalue weighted by Crippen LogP contribution is 2.23. The number of nitrogens with zero attached hydrogens (tertiary/aromatic N) is 3. The number of halogens is 1. The summed E-state index contributed by atoms with van der Waals surface area (Å²) < 4.78 is 0. The maximum atomic E-state index is 6.05. The minimum Gasteiger partial charge on any atom is -0.384 e. The molecule has 104 valence electrons. The van der Waals surface area contributed by atoms with Gasteiger partial charge < -0.3 is 15.5 Å². The number of nitrogens with two attached hydrogens (primary N) is 1. The monoisotopic (exact) mass is 288 g/mol. The first-order chi connectivity index (χ1) is 9.72. The molecule has 0 unspecified atom stereocenters. The summed E-state index contributed by atoms with van der Waals surface area (Å²) >= 11 is 6.05. The number of anilines is 3. The lowest BCUT2D eigenvalue weighted by atomic mass is 10.2. The van der Waals surface area contributed by atoms with Crippen molar-refractivity contribution in [3.05, 3.63) is 47.6 Å². The number of aromatic nitrogens is 1. The van der Waals surface area contributed by atoms with Gasteiger partial charge in [0, 0.05) is 54.8 Å². The van der Waals surface area contributed by atoms with E-state index in [2.05, 4.69) is 20.9 Å². The van der Waals surface area contributed by atoms with Crippen molar-refractivity contribution in [1.29, 1.82) is 0 Å². The molecule has 20 heavy (non-hydrogen) atoms. The molecule has 0 aliphatic carbocycles. The summed E-state index contributed by atoms with van der Waals surface area (Å²) in [5.74, 6) is 0.569. The normalized spacial score (nSPS) is 15.4. The Labute approximate surface area is 123 Å². The van der Waals surface area contributed by atoms with Crippen molar-refractivity contribution in [1.82, 2.24) is 4.98 Å². The van der Waals surface area contributed by atoms with Crippen LogP contribution >= 0.6 is 11.6 Å². The first-order valence-corrected chi connectivity index (χ1v) is 7.07. The second-order valence-electron chi connectivity index (χ2n) is 4.89. The van der Waals surface area contributed by atoms with Crippen molar-refractivity contribution in [2.75, 3.05) is 41.7 Å². The second-order valence-corrected chi connectivity index (χ2v) is 5.33. The predicted octanol–water partition coefficient (Wildman–Crippen LogP) is 2.64. The molecule has 1 saturated heterocycles. The van der Waals surface area contributed by atoms with Crippen LogP contribution in [0.1, 0.15) is 0 Å². The van der Waals surface area contributed by atoms with Crippen LogP contribution in [0, 0.1) is 0 Å². The lowest BCUT2D eigenvalue weighted by Gasteiger charge is -2.37. The Bertz CT molecular complexity index is 540. The average Bonchev–Trinajstić information content (AvgIpc) is 2.47. The fourth-order valence-corrected chi connectivity index (χ4v) is 2.71. The maximum Gasteiger partial charge on any atom is 0.125 e. The van der Waals surface area contributed by atoms with Crippen molar-refractivity contribution in [3.8, 4) is 0 Å². The van der Waals surface area contributed by atoms with Crippen LogP contribution in [0.3, 0.4) is 0 Å². The van der Waals surface area contributed by atoms with Crippen LogP contribution in [0.2, 0.25) is 5.02 Å². The molecule has 5 heteroatoms. The SMILES string of the molecule is Nc1cc(N2CCN(c3cccc(Cl)c3)CC2)ccn1. The molecule has 0 spiro atoms. The zero-order valence-corrected chi connectivity index (χ0v) is 11.9. The fraction of sp³-hybridized carbons (Fsp3) is 0.267. The van der Waals surface area contributed by atoms with Gasteiger partial charge in [-0.15, -0.1) is 0 Å². The number of hydrogen-bond acceptors (Lipinski definition) is 4. The lowest BCUT2D eigenvalue weighted by molar-refractivity contribution is 0.653. The van der Waals surface area contributed by atoms with Crippen molar-refractivity contribution < 1.29 is 0 Å². The lowest BCUT2D eigenvalue weighted by Crippen LogP contribution is -2.46. The molecule has 0 atom stereocenters. The molecule has 4 nitrogen and oxygen atoms in total. The minimum atomic E-state index is 0.569. The van der Waals surface area contributed by atoms with Gasteiger partial charge in [0.15, 0.2) is 0 Å². The van der Waals surface area contributed by atoms with Gasteiger partial charge in [-0.3, -0.25) is 0 Å². The molecule has 1 aliphatic heterocycles. The summed E-state index contributed by atoms with van der Waals surface area (Å²) in [4.78, 5) is 8.72. The Morgan fingerprint density at radius 1 is 0.950 bits per heavy atom. The summed E-state index contributed by atoms with van der Waals surface area (Å²) in [5, 5.41) is 0.784. The Morgan fingerprint density at radius 2 is 1.60 bits per heavy atom. The van der Waals surface area contributed by atoms with Crippen molar-refractivity contribution >= 4 is 28.8 Å². The molecular weight excluding hydrogens is 272 g/mol. The summed E-state index contributed by atoms with van der Waals surface area (Å²) in [7, 11) is 0. The molecule has 0 saturated carbocycles. The van der Waals surface area contributed by atoms with E-state index in [1.807, 2.05) is 30.3 Å². The molecule has 1 aliphatic rings. The predicted molar refractivity (Wildman–Crippen MR) is 84.5 cm³/mol. The Balaban J connectivity index is 1.68. The molecule has 0 radical (unpaired) electrons. The first-order valence-electron chi connectivity index (χ1n) is 6.69. The highest BCUT2D eigenvalue weighted by molar-refractivity contribution is 6.30. The molecule has 1 fully saturated rings. The van der Waals surface area contributed by atoms with Crippen LogP contribution in [-0.4, -0.2) is 31.2 Å². The van der Waals surface area contributed by atoms with Crippen LogP contribution in [0.25, 0.3) is 0 Å². The number of benzene rings is 1. The fourth-order valence-electron chi connectivity index (χ4n) is 2.53. The number of hydrogen-bond donors (Lipinski definition) is 1. The Morgan fingerprint density at radius 3 is 2.20 bits per heavy atom. The summed E-state index contributed by atoms with van der Waals surface area (Å²) in [6.07, 6.45) is 1.76. The van der Waals surface area contributed by atoms with Gasteiger partial charge >= 0.3 is 0 Å². The Kier molecular flexibility index (Phi) is 3.65. The highest BCUT2D eigenvalue weighted by atomic mass is 35.5. The van der Waals surface area contributed by atoms with Crippen molar-refractivity contribution in [2.45, 2.75) is 0 Å². The molecule has 0 amide bonds. The zero-order valence-electron chi connectivity index (χ0n) is 11.2. The molecule has 1 aromatic heterocycles. The van der Waals surface area contributed by atoms with E-state index in [0.717, 1.165) is 36.9 Å². The topological polar surface area (TPSA) is 45.4 Å². The van der Waals surface area contributed by atoms with E-state index in [9.17, 15) is 0 Å². The molecule has 0 bridgehead atoms. The zero-order chi connectivity index (χ0) is 13.9. The molecular formula is C15H17ClN4. The first kappa shape index (κ1) is 13.1. The van der Waals surface area contributed by atoms with Crippen LogP contribution in [0.4, 0.5) is 17.2 Å². The number of nitrogen functional groups attached to an aromatic ring is 1.